The summed E-state index contributed by atoms with van der Waals surface area (Å²) >= 11 is 0. The number of hydrogen-bond acceptors (Lipinski definition) is 5. The van der Waals surface area contributed by atoms with E-state index in [-0.39, 0.29) is 5.69 Å². The van der Waals surface area contributed by atoms with E-state index >= 15 is 0 Å². The largest absolute Gasteiger partial charge is 0.487 e. The third kappa shape index (κ3) is 7.01. The van der Waals surface area contributed by atoms with Crippen molar-refractivity contribution in [1.82, 2.24) is 14.8 Å². The van der Waals surface area contributed by atoms with Gasteiger partial charge < -0.3 is 4.74 Å². The highest BCUT2D eigenvalue weighted by Gasteiger charge is 2.16. The Hall–Kier alpha value is -3.46. The molecule has 0 N–H and O–H groups in total. The van der Waals surface area contributed by atoms with Crippen LogP contribution in [0.25, 0.3) is 0 Å². The van der Waals surface area contributed by atoms with Gasteiger partial charge in [0.15, 0.2) is 6.29 Å². The van der Waals surface area contributed by atoms with E-state index < -0.39 is 0 Å². The molecule has 1 aromatic heterocycles. The Bertz CT molecular complexity index is 1080. The molecule has 0 atom stereocenters. The van der Waals surface area contributed by atoms with Crippen molar-refractivity contribution in [2.45, 2.75) is 19.6 Å². The maximum Gasteiger partial charge on any atom is 0.172 e. The molecule has 5 heteroatoms. The smallest absolute Gasteiger partial charge is 0.172 e. The molecule has 4 rings (SSSR count). The zero-order chi connectivity index (χ0) is 22.7. The molecule has 5 nitrogen and oxygen atoms in total. The summed E-state index contributed by atoms with van der Waals surface area (Å²) in [7, 11) is 0. The fraction of sp³-hybridized carbons (Fsp3) is 0.286. The van der Waals surface area contributed by atoms with Crippen LogP contribution >= 0.6 is 0 Å². The van der Waals surface area contributed by atoms with Gasteiger partial charge in [0.25, 0.3) is 0 Å². The van der Waals surface area contributed by atoms with Gasteiger partial charge in [0, 0.05) is 45.7 Å². The van der Waals surface area contributed by atoms with Crippen LogP contribution in [0.1, 0.15) is 33.7 Å². The molecule has 0 radical (unpaired) electrons. The van der Waals surface area contributed by atoms with Crippen molar-refractivity contribution in [3.8, 4) is 17.6 Å². The first-order chi connectivity index (χ1) is 16.3. The number of ether oxygens (including phenoxy) is 1. The summed E-state index contributed by atoms with van der Waals surface area (Å²) in [6.45, 7) is 6.65. The van der Waals surface area contributed by atoms with Gasteiger partial charge in [-0.3, -0.25) is 14.6 Å². The molecule has 0 spiro atoms. The highest BCUT2D eigenvalue weighted by atomic mass is 16.5. The predicted octanol–water partition coefficient (Wildman–Crippen LogP) is 4.03. The van der Waals surface area contributed by atoms with E-state index in [0.29, 0.717) is 18.1 Å². The molecule has 1 saturated heterocycles. The lowest BCUT2D eigenvalue weighted by atomic mass is 10.2. The van der Waals surface area contributed by atoms with Crippen LogP contribution in [0.4, 0.5) is 0 Å². The Balaban J connectivity index is 1.22. The third-order valence-corrected chi connectivity index (χ3v) is 5.72. The summed E-state index contributed by atoms with van der Waals surface area (Å²) in [5.41, 5.74) is 3.29. The maximum atomic E-state index is 11.5. The predicted molar refractivity (Wildman–Crippen MR) is 130 cm³/mol. The number of benzene rings is 2. The van der Waals surface area contributed by atoms with Crippen LogP contribution in [-0.4, -0.2) is 53.8 Å². The second-order valence-corrected chi connectivity index (χ2v) is 8.13. The molecule has 3 aromatic rings. The van der Waals surface area contributed by atoms with Crippen LogP contribution in [-0.2, 0) is 13.2 Å². The number of rotatable bonds is 8. The van der Waals surface area contributed by atoms with Crippen molar-refractivity contribution in [3.63, 3.8) is 0 Å². The standard InChI is InChI=1S/C28H29N3O2/c32-22-27-28(33-23-25-11-5-2-6-12-25)15-14-26(29-27)13-7-8-16-30-17-19-31(20-18-30)21-24-9-3-1-4-10-24/h1-6,9-12,14-15,22H,8,16-21,23H2. The average Bonchev–Trinajstić information content (AvgIpc) is 2.88. The SMILES string of the molecule is O=Cc1nc(C#CCCN2CCN(Cc3ccccc3)CC2)ccc1OCc1ccccc1. The summed E-state index contributed by atoms with van der Waals surface area (Å²) in [4.78, 5) is 20.8. The Morgan fingerprint density at radius 2 is 1.52 bits per heavy atom. The van der Waals surface area contributed by atoms with Crippen LogP contribution in [0, 0.1) is 11.8 Å². The van der Waals surface area contributed by atoms with Gasteiger partial charge in [-0.1, -0.05) is 66.6 Å². The fourth-order valence-corrected chi connectivity index (χ4v) is 3.85. The molecule has 0 amide bonds. The first kappa shape index (κ1) is 22.7. The lowest BCUT2D eigenvalue weighted by molar-refractivity contribution is 0.111. The average molecular weight is 440 g/mol. The van der Waals surface area contributed by atoms with Gasteiger partial charge in [-0.25, -0.2) is 4.98 Å². The first-order valence-electron chi connectivity index (χ1n) is 11.4. The molecule has 1 fully saturated rings. The summed E-state index contributed by atoms with van der Waals surface area (Å²) in [5.74, 6) is 6.77. The van der Waals surface area contributed by atoms with E-state index in [1.165, 1.54) is 5.56 Å². The Kier molecular flexibility index (Phi) is 8.24. The quantitative estimate of drug-likeness (QED) is 0.392. The fourth-order valence-electron chi connectivity index (χ4n) is 3.85. The summed E-state index contributed by atoms with van der Waals surface area (Å²) in [6.07, 6.45) is 1.50. The van der Waals surface area contributed by atoms with Gasteiger partial charge in [0.1, 0.15) is 23.7 Å². The van der Waals surface area contributed by atoms with Crippen LogP contribution in [0.2, 0.25) is 0 Å². The molecular weight excluding hydrogens is 410 g/mol. The van der Waals surface area contributed by atoms with Crippen LogP contribution < -0.4 is 4.74 Å². The molecule has 0 saturated carbocycles. The summed E-state index contributed by atoms with van der Waals surface area (Å²) in [5, 5.41) is 0. The Morgan fingerprint density at radius 3 is 2.21 bits per heavy atom. The molecule has 0 bridgehead atoms. The Morgan fingerprint density at radius 1 is 0.848 bits per heavy atom. The van der Waals surface area contributed by atoms with Gasteiger partial charge in [-0.05, 0) is 29.2 Å². The normalized spacial score (nSPS) is 14.3. The van der Waals surface area contributed by atoms with Crippen molar-refractivity contribution in [2.75, 3.05) is 32.7 Å². The van der Waals surface area contributed by atoms with E-state index in [1.807, 2.05) is 36.4 Å². The number of pyridine rings is 1. The minimum absolute atomic E-state index is 0.285. The first-order valence-corrected chi connectivity index (χ1v) is 11.4. The Labute approximate surface area is 196 Å². The van der Waals surface area contributed by atoms with Crippen LogP contribution in [0.15, 0.2) is 72.8 Å². The van der Waals surface area contributed by atoms with Gasteiger partial charge in [-0.2, -0.15) is 0 Å². The number of aldehydes is 1. The lowest BCUT2D eigenvalue weighted by Crippen LogP contribution is -2.46. The van der Waals surface area contributed by atoms with Crippen molar-refractivity contribution < 1.29 is 9.53 Å². The van der Waals surface area contributed by atoms with E-state index in [1.54, 1.807) is 6.07 Å². The van der Waals surface area contributed by atoms with E-state index in [9.17, 15) is 4.79 Å². The molecule has 0 aliphatic carbocycles. The summed E-state index contributed by atoms with van der Waals surface area (Å²) in [6, 6.07) is 24.1. The van der Waals surface area contributed by atoms with E-state index in [2.05, 4.69) is 57.0 Å². The van der Waals surface area contributed by atoms with Gasteiger partial charge in [0.05, 0.1) is 0 Å². The number of aromatic nitrogens is 1. The topological polar surface area (TPSA) is 45.7 Å². The highest BCUT2D eigenvalue weighted by molar-refractivity contribution is 5.76. The number of nitrogens with zero attached hydrogens (tertiary/aromatic N) is 3. The molecule has 1 aliphatic rings. The number of piperazine rings is 1. The molecule has 1 aliphatic heterocycles. The molecular formula is C28H29N3O2. The monoisotopic (exact) mass is 439 g/mol. The van der Waals surface area contributed by atoms with E-state index in [0.717, 1.165) is 57.5 Å². The van der Waals surface area contributed by atoms with Crippen LogP contribution in [0.3, 0.4) is 0 Å². The zero-order valence-corrected chi connectivity index (χ0v) is 18.8. The number of carbonyl (C=O) groups is 1. The van der Waals surface area contributed by atoms with Crippen molar-refractivity contribution in [2.24, 2.45) is 0 Å². The molecule has 33 heavy (non-hydrogen) atoms. The molecule has 168 valence electrons. The maximum absolute atomic E-state index is 11.5. The van der Waals surface area contributed by atoms with Crippen molar-refractivity contribution in [1.29, 1.82) is 0 Å². The molecule has 0 unspecified atom stereocenters. The molecule has 2 heterocycles. The lowest BCUT2D eigenvalue weighted by Gasteiger charge is -2.34. The minimum Gasteiger partial charge on any atom is -0.487 e. The van der Waals surface area contributed by atoms with Crippen molar-refractivity contribution >= 4 is 6.29 Å². The van der Waals surface area contributed by atoms with Gasteiger partial charge in [-0.15, -0.1) is 0 Å². The van der Waals surface area contributed by atoms with Crippen LogP contribution in [0.5, 0.6) is 5.75 Å². The molecule has 2 aromatic carbocycles. The van der Waals surface area contributed by atoms with Gasteiger partial charge >= 0.3 is 0 Å². The summed E-state index contributed by atoms with van der Waals surface area (Å²) < 4.78 is 5.77. The zero-order valence-electron chi connectivity index (χ0n) is 18.8. The minimum atomic E-state index is 0.285. The highest BCUT2D eigenvalue weighted by Crippen LogP contribution is 2.17. The second-order valence-electron chi connectivity index (χ2n) is 8.13. The number of carbonyl (C=O) groups excluding carboxylic acids is 1. The number of hydrogen-bond donors (Lipinski definition) is 0. The van der Waals surface area contributed by atoms with E-state index in [4.69, 9.17) is 4.74 Å². The third-order valence-electron chi connectivity index (χ3n) is 5.72. The van der Waals surface area contributed by atoms with Crippen molar-refractivity contribution in [3.05, 3.63) is 95.3 Å². The second kappa shape index (κ2) is 12.0. The van der Waals surface area contributed by atoms with Gasteiger partial charge in [0.2, 0.25) is 0 Å².